The Bertz CT molecular complexity index is 3370. The van der Waals surface area contributed by atoms with E-state index in [9.17, 15) is 0 Å². The lowest BCUT2D eigenvalue weighted by Crippen LogP contribution is -2.36. The molecule has 0 spiro atoms. The zero-order valence-electron chi connectivity index (χ0n) is 37.8. The number of aromatic amines is 1. The summed E-state index contributed by atoms with van der Waals surface area (Å²) >= 11 is 8.13. The summed E-state index contributed by atoms with van der Waals surface area (Å²) in [5.41, 5.74) is 2.93. The average molecular weight is 988 g/mol. The molecule has 0 bridgehead atoms. The van der Waals surface area contributed by atoms with E-state index in [-0.39, 0.29) is 36.0 Å². The summed E-state index contributed by atoms with van der Waals surface area (Å²) in [6.07, 6.45) is 5.56. The van der Waals surface area contributed by atoms with Crippen molar-refractivity contribution in [3.63, 3.8) is 0 Å². The molecule has 0 unspecified atom stereocenters. The molecule has 0 amide bonds. The van der Waals surface area contributed by atoms with Crippen molar-refractivity contribution in [2.75, 3.05) is 0 Å². The molecule has 2 saturated carbocycles. The Hall–Kier alpha value is -4.98. The van der Waals surface area contributed by atoms with Gasteiger partial charge in [0.1, 0.15) is 12.2 Å². The average Bonchev–Trinajstić information content (AvgIpc) is 3.70. The third-order valence-electron chi connectivity index (χ3n) is 16.1. The van der Waals surface area contributed by atoms with Crippen molar-refractivity contribution in [3.8, 4) is 0 Å². The highest BCUT2D eigenvalue weighted by atomic mass is 79.9. The molecule has 328 valence electrons. The highest BCUT2D eigenvalue weighted by Gasteiger charge is 2.37. The van der Waals surface area contributed by atoms with Gasteiger partial charge in [0.05, 0.1) is 22.2 Å². The van der Waals surface area contributed by atoms with Crippen molar-refractivity contribution in [2.24, 2.45) is 35.5 Å². The first-order valence-electron chi connectivity index (χ1n) is 23.9. The number of hydrogen-bond acceptors (Lipinski definition) is 4. The summed E-state index contributed by atoms with van der Waals surface area (Å²) in [6.45, 7) is 13.6. The smallest absolute Gasteiger partial charge is 0.339 e. The van der Waals surface area contributed by atoms with Crippen LogP contribution in [0.5, 0.6) is 0 Å². The number of aromatic nitrogens is 1. The molecule has 0 radical (unpaired) electrons. The van der Waals surface area contributed by atoms with Gasteiger partial charge in [-0.05, 0) is 171 Å². The quantitative estimate of drug-likeness (QED) is 0.133. The van der Waals surface area contributed by atoms with Crippen molar-refractivity contribution in [1.82, 2.24) is 4.98 Å². The number of halogens is 2. The van der Waals surface area contributed by atoms with Crippen LogP contribution in [0.15, 0.2) is 93.9 Å². The first-order chi connectivity index (χ1) is 31.4. The molecule has 12 rings (SSSR count). The highest BCUT2D eigenvalue weighted by molar-refractivity contribution is 9.11. The Morgan fingerprint density at radius 3 is 1.25 bits per heavy atom. The Morgan fingerprint density at radius 2 is 0.862 bits per heavy atom. The van der Waals surface area contributed by atoms with E-state index in [4.69, 9.17) is 9.47 Å². The predicted octanol–water partition coefficient (Wildman–Crippen LogP) is 17.0. The Morgan fingerprint density at radius 1 is 0.492 bits per heavy atom. The molecular weight excluding hydrogens is 934 g/mol. The molecule has 2 aliphatic carbocycles. The Balaban J connectivity index is 1.32. The van der Waals surface area contributed by atoms with E-state index in [1.54, 1.807) is 0 Å². The number of carbonyl (C=O) groups excluding carboxylic acids is 2. The zero-order valence-corrected chi connectivity index (χ0v) is 41.0. The normalized spacial score (nSPS) is 22.2. The summed E-state index contributed by atoms with van der Waals surface area (Å²) in [4.78, 5) is 35.1. The van der Waals surface area contributed by atoms with E-state index in [1.165, 1.54) is 0 Å². The second-order valence-corrected chi connectivity index (χ2v) is 22.3. The topological polar surface area (TPSA) is 68.4 Å². The van der Waals surface area contributed by atoms with Crippen LogP contribution >= 0.6 is 31.9 Å². The number of carbonyl (C=O) groups is 2. The standard InChI is InChI=1S/C58H53Br2NO4/c1-27(2)31-17-15-29(5)23-45(31)64-57(62)39-21-19-37-33-11-7-9-13-35(33)41-25-43(59)55-53-51(41)47(37)49(39)50-40(58(63)65-46-24-30(6)16-18-32(46)28(3)4)22-20-38-34-12-8-10-14-36(34)42-26-44(60)56(61-55)54(53)52(42)48(38)50/h7-14,19-22,25-32,45-46,61H,15-18,23-24H2,1-6H3/t29-,30-,31+,32+,45-,46-/m1/s1. The number of hydrogen-bond donors (Lipinski definition) is 1. The molecule has 5 nitrogen and oxygen atoms in total. The number of fused-ring (bicyclic) bond motifs is 7. The van der Waals surface area contributed by atoms with E-state index in [0.717, 1.165) is 145 Å². The molecular formula is C58H53Br2NO4. The highest BCUT2D eigenvalue weighted by Crippen LogP contribution is 2.54. The van der Waals surface area contributed by atoms with Gasteiger partial charge in [-0.15, -0.1) is 0 Å². The molecule has 0 aliphatic heterocycles. The largest absolute Gasteiger partial charge is 0.458 e. The van der Waals surface area contributed by atoms with E-state index < -0.39 is 0 Å². The molecule has 10 aromatic rings. The van der Waals surface area contributed by atoms with Gasteiger partial charge in [0.25, 0.3) is 0 Å². The summed E-state index contributed by atoms with van der Waals surface area (Å²) < 4.78 is 15.7. The first kappa shape index (κ1) is 41.5. The van der Waals surface area contributed by atoms with Gasteiger partial charge in [0, 0.05) is 41.3 Å². The van der Waals surface area contributed by atoms with Crippen molar-refractivity contribution in [2.45, 2.75) is 92.3 Å². The number of benzene rings is 8. The Kier molecular flexibility index (Phi) is 9.75. The lowest BCUT2D eigenvalue weighted by molar-refractivity contribution is -0.0181. The monoisotopic (exact) mass is 985 g/mol. The zero-order chi connectivity index (χ0) is 44.7. The minimum absolute atomic E-state index is 0.213. The van der Waals surface area contributed by atoms with Gasteiger partial charge in [-0.1, -0.05) is 115 Å². The van der Waals surface area contributed by atoms with Gasteiger partial charge in [0.15, 0.2) is 0 Å². The van der Waals surface area contributed by atoms with Crippen LogP contribution < -0.4 is 0 Å². The maximum atomic E-state index is 15.6. The van der Waals surface area contributed by atoms with E-state index in [0.29, 0.717) is 34.8 Å². The predicted molar refractivity (Wildman–Crippen MR) is 277 cm³/mol. The van der Waals surface area contributed by atoms with Crippen molar-refractivity contribution >= 4 is 141 Å². The van der Waals surface area contributed by atoms with E-state index >= 15 is 9.59 Å². The molecule has 2 aliphatic rings. The lowest BCUT2D eigenvalue weighted by atomic mass is 9.75. The number of esters is 2. The maximum Gasteiger partial charge on any atom is 0.339 e. The van der Waals surface area contributed by atoms with Gasteiger partial charge in [-0.2, -0.15) is 0 Å². The van der Waals surface area contributed by atoms with Gasteiger partial charge < -0.3 is 14.5 Å². The summed E-state index contributed by atoms with van der Waals surface area (Å²) in [5, 5.41) is 16.3. The maximum absolute atomic E-state index is 15.6. The Labute approximate surface area is 395 Å². The SMILES string of the molecule is CC(C)[C@@H]1CC[C@@H](C)C[C@H]1OC(=O)c1ccc2c3ccccc3c3cc(Br)c4[nH]c5c(Br)cc6c7ccccc7c7ccc(C(=O)O[C@@H]8C[C@H](C)CC[C@H]8C(C)C)c8c1c2c3c4c5c6c78. The summed E-state index contributed by atoms with van der Waals surface area (Å²) in [6, 6.07) is 29.9. The minimum Gasteiger partial charge on any atom is -0.458 e. The molecule has 1 aromatic heterocycles. The van der Waals surface area contributed by atoms with Crippen molar-refractivity contribution in [3.05, 3.63) is 105 Å². The van der Waals surface area contributed by atoms with Crippen LogP contribution in [-0.2, 0) is 9.47 Å². The van der Waals surface area contributed by atoms with Crippen LogP contribution in [0.1, 0.15) is 101 Å². The molecule has 1 heterocycles. The number of ether oxygens (including phenoxy) is 2. The summed E-state index contributed by atoms with van der Waals surface area (Å²) in [5.74, 6) is 1.49. The van der Waals surface area contributed by atoms with Crippen LogP contribution in [0.2, 0.25) is 0 Å². The van der Waals surface area contributed by atoms with Gasteiger partial charge in [-0.3, -0.25) is 0 Å². The van der Waals surface area contributed by atoms with Crippen LogP contribution in [0, 0.1) is 35.5 Å². The number of rotatable bonds is 6. The van der Waals surface area contributed by atoms with Gasteiger partial charge in [0.2, 0.25) is 0 Å². The molecule has 6 atom stereocenters. The third-order valence-corrected chi connectivity index (χ3v) is 17.4. The van der Waals surface area contributed by atoms with Crippen molar-refractivity contribution in [1.29, 1.82) is 0 Å². The van der Waals surface area contributed by atoms with Crippen LogP contribution in [0.4, 0.5) is 0 Å². The molecule has 2 fully saturated rings. The lowest BCUT2D eigenvalue weighted by Gasteiger charge is -2.37. The second-order valence-electron chi connectivity index (χ2n) is 20.6. The van der Waals surface area contributed by atoms with Crippen LogP contribution in [-0.4, -0.2) is 29.1 Å². The van der Waals surface area contributed by atoms with Gasteiger partial charge in [-0.25, -0.2) is 9.59 Å². The molecule has 65 heavy (non-hydrogen) atoms. The summed E-state index contributed by atoms with van der Waals surface area (Å²) in [7, 11) is 0. The molecule has 7 heteroatoms. The van der Waals surface area contributed by atoms with E-state index in [2.05, 4.69) is 151 Å². The first-order valence-corrected chi connectivity index (χ1v) is 25.4. The van der Waals surface area contributed by atoms with Crippen LogP contribution in [0.25, 0.3) is 97.2 Å². The number of H-pyrrole nitrogens is 1. The second kappa shape index (κ2) is 15.3. The fourth-order valence-corrected chi connectivity index (χ4v) is 14.0. The van der Waals surface area contributed by atoms with Gasteiger partial charge >= 0.3 is 11.9 Å². The van der Waals surface area contributed by atoms with E-state index in [1.807, 2.05) is 12.1 Å². The molecule has 1 N–H and O–H groups in total. The molecule has 0 saturated heterocycles. The third kappa shape index (κ3) is 6.12. The number of nitrogens with one attached hydrogen (secondary N) is 1. The fraction of sp³-hybridized carbons (Fsp3) is 0.345. The fourth-order valence-electron chi connectivity index (χ4n) is 13.0. The molecule has 9 aromatic carbocycles. The van der Waals surface area contributed by atoms with Crippen molar-refractivity contribution < 1.29 is 19.1 Å². The van der Waals surface area contributed by atoms with Crippen LogP contribution in [0.3, 0.4) is 0 Å². The minimum atomic E-state index is -0.341.